The summed E-state index contributed by atoms with van der Waals surface area (Å²) in [5, 5.41) is 17.7. The van der Waals surface area contributed by atoms with Crippen LogP contribution in [-0.2, 0) is 0 Å². The van der Waals surface area contributed by atoms with Gasteiger partial charge in [0, 0.05) is 5.56 Å². The van der Waals surface area contributed by atoms with Gasteiger partial charge in [0.15, 0.2) is 12.6 Å². The number of phenols is 1. The van der Waals surface area contributed by atoms with Crippen molar-refractivity contribution in [2.75, 3.05) is 0 Å². The fraction of sp³-hybridized carbons (Fsp3) is 0. The zero-order valence-electron chi connectivity index (χ0n) is 6.52. The fourth-order valence-corrected chi connectivity index (χ4v) is 0.910. The third-order valence-electron chi connectivity index (χ3n) is 1.57. The molecule has 0 amide bonds. The van der Waals surface area contributed by atoms with Crippen LogP contribution in [0.2, 0.25) is 0 Å². The summed E-state index contributed by atoms with van der Waals surface area (Å²) in [6, 6.07) is 4.01. The Hall–Kier alpha value is -2.15. The maximum Gasteiger partial charge on any atom is 0.153 e. The van der Waals surface area contributed by atoms with Crippen molar-refractivity contribution in [3.63, 3.8) is 0 Å². The molecule has 4 nitrogen and oxygen atoms in total. The highest BCUT2D eigenvalue weighted by Crippen LogP contribution is 2.19. The van der Waals surface area contributed by atoms with Crippen LogP contribution in [-0.4, -0.2) is 17.7 Å². The number of benzene rings is 1. The summed E-state index contributed by atoms with van der Waals surface area (Å²) < 4.78 is 0. The van der Waals surface area contributed by atoms with Crippen molar-refractivity contribution < 1.29 is 14.7 Å². The molecule has 0 saturated carbocycles. The molecule has 0 heterocycles. The van der Waals surface area contributed by atoms with E-state index in [0.717, 1.165) is 6.07 Å². The average Bonchev–Trinajstić information content (AvgIpc) is 2.17. The number of nitrogens with zero attached hydrogens (tertiary/aromatic N) is 1. The Morgan fingerprint density at radius 2 is 1.85 bits per heavy atom. The van der Waals surface area contributed by atoms with Crippen LogP contribution in [0.3, 0.4) is 0 Å². The van der Waals surface area contributed by atoms with Crippen LogP contribution >= 0.6 is 0 Å². The predicted octanol–water partition coefficient (Wildman–Crippen LogP) is 0.889. The Balaban J connectivity index is 3.45. The van der Waals surface area contributed by atoms with Crippen molar-refractivity contribution in [2.24, 2.45) is 0 Å². The highest BCUT2D eigenvalue weighted by molar-refractivity contribution is 5.86. The summed E-state index contributed by atoms with van der Waals surface area (Å²) in [5.41, 5.74) is 0.155. The van der Waals surface area contributed by atoms with E-state index in [4.69, 9.17) is 10.4 Å². The fourth-order valence-electron chi connectivity index (χ4n) is 0.910. The first-order valence-electron chi connectivity index (χ1n) is 3.40. The van der Waals surface area contributed by atoms with Crippen molar-refractivity contribution >= 4 is 12.6 Å². The van der Waals surface area contributed by atoms with Crippen LogP contribution < -0.4 is 0 Å². The first-order chi connectivity index (χ1) is 6.22. The van der Waals surface area contributed by atoms with Gasteiger partial charge in [-0.05, 0) is 12.1 Å². The van der Waals surface area contributed by atoms with Gasteiger partial charge in [-0.3, -0.25) is 9.59 Å². The SMILES string of the molecule is N#Cc1cc(C=O)c(O)cc1C=O. The number of hydrogen-bond donors (Lipinski definition) is 1. The second kappa shape index (κ2) is 3.50. The number of aromatic hydroxyl groups is 1. The van der Waals surface area contributed by atoms with E-state index >= 15 is 0 Å². The lowest BCUT2D eigenvalue weighted by Gasteiger charge is -1.99. The highest BCUT2D eigenvalue weighted by Gasteiger charge is 2.07. The summed E-state index contributed by atoms with van der Waals surface area (Å²) in [5.74, 6) is -0.295. The molecule has 0 bridgehead atoms. The summed E-state index contributed by atoms with van der Waals surface area (Å²) in [4.78, 5) is 20.7. The van der Waals surface area contributed by atoms with Crippen molar-refractivity contribution in [3.8, 4) is 11.8 Å². The quantitative estimate of drug-likeness (QED) is 0.677. The molecule has 0 radical (unpaired) electrons. The number of rotatable bonds is 2. The van der Waals surface area contributed by atoms with Gasteiger partial charge in [-0.2, -0.15) is 5.26 Å². The zero-order valence-corrected chi connectivity index (χ0v) is 6.52. The summed E-state index contributed by atoms with van der Waals surface area (Å²) in [6.07, 6.45) is 0.873. The molecule has 0 fully saturated rings. The molecule has 0 aliphatic rings. The van der Waals surface area contributed by atoms with Gasteiger partial charge in [0.25, 0.3) is 0 Å². The first kappa shape index (κ1) is 8.94. The molecule has 1 aromatic carbocycles. The third-order valence-corrected chi connectivity index (χ3v) is 1.57. The number of phenolic OH excluding ortho intramolecular Hbond substituents is 1. The molecule has 0 spiro atoms. The van der Waals surface area contributed by atoms with Gasteiger partial charge in [-0.25, -0.2) is 0 Å². The standard InChI is InChI=1S/C9H5NO3/c10-3-6-1-8(5-12)9(13)2-7(6)4-11/h1-2,4-5,13H. The molecule has 1 aromatic rings. The van der Waals surface area contributed by atoms with E-state index in [9.17, 15) is 9.59 Å². The second-order valence-corrected chi connectivity index (χ2v) is 2.35. The van der Waals surface area contributed by atoms with Gasteiger partial charge >= 0.3 is 0 Å². The lowest BCUT2D eigenvalue weighted by atomic mass is 10.1. The maximum atomic E-state index is 10.4. The van der Waals surface area contributed by atoms with Crippen LogP contribution in [0, 0.1) is 11.3 Å². The Labute approximate surface area is 74.0 Å². The predicted molar refractivity (Wildman–Crippen MR) is 43.6 cm³/mol. The van der Waals surface area contributed by atoms with Gasteiger partial charge in [-0.1, -0.05) is 0 Å². The monoisotopic (exact) mass is 175 g/mol. The Morgan fingerprint density at radius 3 is 2.31 bits per heavy atom. The van der Waals surface area contributed by atoms with E-state index in [0.29, 0.717) is 12.6 Å². The van der Waals surface area contributed by atoms with Gasteiger partial charge in [0.1, 0.15) is 5.75 Å². The lowest BCUT2D eigenvalue weighted by molar-refractivity contribution is 0.111. The zero-order chi connectivity index (χ0) is 9.84. The van der Waals surface area contributed by atoms with Crippen LogP contribution in [0.5, 0.6) is 5.75 Å². The summed E-state index contributed by atoms with van der Waals surface area (Å²) in [6.45, 7) is 0. The van der Waals surface area contributed by atoms with Gasteiger partial charge in [-0.15, -0.1) is 0 Å². The number of hydrogen-bond acceptors (Lipinski definition) is 4. The smallest absolute Gasteiger partial charge is 0.153 e. The molecule has 4 heteroatoms. The van der Waals surface area contributed by atoms with E-state index in [1.165, 1.54) is 6.07 Å². The molecule has 0 atom stereocenters. The average molecular weight is 175 g/mol. The number of aldehydes is 2. The molecule has 1 rings (SSSR count). The van der Waals surface area contributed by atoms with E-state index in [1.54, 1.807) is 6.07 Å². The van der Waals surface area contributed by atoms with Gasteiger partial charge in [0.2, 0.25) is 0 Å². The maximum absolute atomic E-state index is 10.4. The molecular weight excluding hydrogens is 170 g/mol. The summed E-state index contributed by atoms with van der Waals surface area (Å²) >= 11 is 0. The highest BCUT2D eigenvalue weighted by atomic mass is 16.3. The molecule has 0 aliphatic heterocycles. The van der Waals surface area contributed by atoms with Crippen molar-refractivity contribution in [3.05, 3.63) is 28.8 Å². The van der Waals surface area contributed by atoms with Crippen LogP contribution in [0.25, 0.3) is 0 Å². The molecule has 0 unspecified atom stereocenters. The molecule has 64 valence electrons. The second-order valence-electron chi connectivity index (χ2n) is 2.35. The molecule has 0 aliphatic carbocycles. The van der Waals surface area contributed by atoms with Crippen LogP contribution in [0.4, 0.5) is 0 Å². The normalized spacial score (nSPS) is 8.85. The minimum atomic E-state index is -0.295. The Kier molecular flexibility index (Phi) is 2.41. The third kappa shape index (κ3) is 1.54. The topological polar surface area (TPSA) is 78.2 Å². The van der Waals surface area contributed by atoms with Crippen LogP contribution in [0.1, 0.15) is 26.3 Å². The van der Waals surface area contributed by atoms with E-state index in [2.05, 4.69) is 0 Å². The first-order valence-corrected chi connectivity index (χ1v) is 3.40. The van der Waals surface area contributed by atoms with Gasteiger partial charge in [0.05, 0.1) is 17.2 Å². The lowest BCUT2D eigenvalue weighted by Crippen LogP contribution is -1.91. The molecule has 0 saturated heterocycles. The van der Waals surface area contributed by atoms with Crippen molar-refractivity contribution in [1.82, 2.24) is 0 Å². The molecular formula is C9H5NO3. The number of carbonyl (C=O) groups is 2. The number of nitriles is 1. The van der Waals surface area contributed by atoms with Gasteiger partial charge < -0.3 is 5.11 Å². The van der Waals surface area contributed by atoms with E-state index < -0.39 is 0 Å². The summed E-state index contributed by atoms with van der Waals surface area (Å²) in [7, 11) is 0. The Morgan fingerprint density at radius 1 is 1.23 bits per heavy atom. The van der Waals surface area contributed by atoms with E-state index in [1.807, 2.05) is 0 Å². The minimum absolute atomic E-state index is 0.00199. The minimum Gasteiger partial charge on any atom is -0.507 e. The number of carbonyl (C=O) groups excluding carboxylic acids is 2. The van der Waals surface area contributed by atoms with Crippen molar-refractivity contribution in [2.45, 2.75) is 0 Å². The Bertz CT molecular complexity index is 404. The van der Waals surface area contributed by atoms with Crippen LogP contribution in [0.15, 0.2) is 12.1 Å². The largest absolute Gasteiger partial charge is 0.507 e. The molecule has 0 aromatic heterocycles. The molecule has 13 heavy (non-hydrogen) atoms. The van der Waals surface area contributed by atoms with Crippen molar-refractivity contribution in [1.29, 1.82) is 5.26 Å². The van der Waals surface area contributed by atoms with E-state index in [-0.39, 0.29) is 22.4 Å². The molecule has 1 N–H and O–H groups in total.